The standard InChI is InChI=1S/C15H31NO/c1-6-7-16-11-15(4,5)17-14-9-12(2)8-13(3)10-14/h12-14,16H,6-11H2,1-5H3. The lowest BCUT2D eigenvalue weighted by atomic mass is 9.81. The highest BCUT2D eigenvalue weighted by Gasteiger charge is 2.29. The van der Waals surface area contributed by atoms with Crippen LogP contribution in [0.4, 0.5) is 0 Å². The summed E-state index contributed by atoms with van der Waals surface area (Å²) in [6.07, 6.45) is 5.50. The minimum Gasteiger partial charge on any atom is -0.371 e. The van der Waals surface area contributed by atoms with Crippen molar-refractivity contribution in [1.29, 1.82) is 0 Å². The molecule has 0 amide bonds. The molecule has 0 bridgehead atoms. The molecule has 0 aliphatic heterocycles. The summed E-state index contributed by atoms with van der Waals surface area (Å²) in [5.74, 6) is 1.64. The molecule has 102 valence electrons. The van der Waals surface area contributed by atoms with Crippen molar-refractivity contribution in [2.75, 3.05) is 13.1 Å². The van der Waals surface area contributed by atoms with E-state index < -0.39 is 0 Å². The van der Waals surface area contributed by atoms with Crippen molar-refractivity contribution in [3.63, 3.8) is 0 Å². The number of hydrogen-bond donors (Lipinski definition) is 1. The van der Waals surface area contributed by atoms with Crippen molar-refractivity contribution in [3.05, 3.63) is 0 Å². The molecule has 1 N–H and O–H groups in total. The lowest BCUT2D eigenvalue weighted by Crippen LogP contribution is -2.42. The maximum atomic E-state index is 6.30. The number of rotatable bonds is 6. The minimum atomic E-state index is -0.0311. The fourth-order valence-corrected chi connectivity index (χ4v) is 3.03. The van der Waals surface area contributed by atoms with Gasteiger partial charge in [-0.1, -0.05) is 20.8 Å². The SMILES string of the molecule is CCCNCC(C)(C)OC1CC(C)CC(C)C1. The smallest absolute Gasteiger partial charge is 0.0754 e. The fraction of sp³-hybridized carbons (Fsp3) is 1.00. The van der Waals surface area contributed by atoms with Crippen molar-refractivity contribution in [3.8, 4) is 0 Å². The predicted octanol–water partition coefficient (Wildman–Crippen LogP) is 3.61. The van der Waals surface area contributed by atoms with Gasteiger partial charge in [-0.05, 0) is 57.9 Å². The van der Waals surface area contributed by atoms with Gasteiger partial charge in [0.15, 0.2) is 0 Å². The molecule has 0 saturated heterocycles. The first-order valence-corrected chi connectivity index (χ1v) is 7.31. The van der Waals surface area contributed by atoms with Crippen LogP contribution in [0, 0.1) is 11.8 Å². The molecule has 1 aliphatic carbocycles. The Hall–Kier alpha value is -0.0800. The highest BCUT2D eigenvalue weighted by molar-refractivity contribution is 4.80. The van der Waals surface area contributed by atoms with E-state index in [-0.39, 0.29) is 5.60 Å². The molecule has 0 aromatic heterocycles. The molecule has 0 radical (unpaired) electrons. The molecule has 1 aliphatic rings. The molecule has 17 heavy (non-hydrogen) atoms. The molecule has 1 rings (SSSR count). The van der Waals surface area contributed by atoms with E-state index >= 15 is 0 Å². The number of ether oxygens (including phenoxy) is 1. The molecule has 2 atom stereocenters. The zero-order valence-corrected chi connectivity index (χ0v) is 12.4. The molecule has 0 heterocycles. The maximum Gasteiger partial charge on any atom is 0.0754 e. The van der Waals surface area contributed by atoms with Gasteiger partial charge < -0.3 is 10.1 Å². The predicted molar refractivity (Wildman–Crippen MR) is 74.3 cm³/mol. The van der Waals surface area contributed by atoms with Crippen LogP contribution in [0.2, 0.25) is 0 Å². The van der Waals surface area contributed by atoms with E-state index in [2.05, 4.69) is 39.9 Å². The Morgan fingerprint density at radius 3 is 2.24 bits per heavy atom. The Kier molecular flexibility index (Phi) is 5.94. The van der Waals surface area contributed by atoms with Crippen molar-refractivity contribution in [2.45, 2.75) is 72.0 Å². The molecule has 0 aromatic carbocycles. The first kappa shape index (κ1) is 15.0. The Balaban J connectivity index is 2.35. The first-order chi connectivity index (χ1) is 7.93. The third-order valence-electron chi connectivity index (χ3n) is 3.60. The summed E-state index contributed by atoms with van der Waals surface area (Å²) in [6, 6.07) is 0. The van der Waals surface area contributed by atoms with E-state index in [1.54, 1.807) is 0 Å². The molecular formula is C15H31NO. The summed E-state index contributed by atoms with van der Waals surface area (Å²) in [5.41, 5.74) is -0.0311. The second-order valence-electron chi connectivity index (χ2n) is 6.59. The average Bonchev–Trinajstić information content (AvgIpc) is 2.14. The van der Waals surface area contributed by atoms with E-state index in [1.165, 1.54) is 25.7 Å². The van der Waals surface area contributed by atoms with Gasteiger partial charge in [0.25, 0.3) is 0 Å². The second kappa shape index (κ2) is 6.75. The lowest BCUT2D eigenvalue weighted by molar-refractivity contribution is -0.0960. The topological polar surface area (TPSA) is 21.3 Å². The van der Waals surface area contributed by atoms with Gasteiger partial charge >= 0.3 is 0 Å². The van der Waals surface area contributed by atoms with Crippen LogP contribution in [-0.4, -0.2) is 24.8 Å². The summed E-state index contributed by atoms with van der Waals surface area (Å²) in [4.78, 5) is 0. The molecule has 1 saturated carbocycles. The summed E-state index contributed by atoms with van der Waals surface area (Å²) >= 11 is 0. The van der Waals surface area contributed by atoms with E-state index in [9.17, 15) is 0 Å². The summed E-state index contributed by atoms with van der Waals surface area (Å²) in [5, 5.41) is 3.46. The van der Waals surface area contributed by atoms with Crippen LogP contribution in [-0.2, 0) is 4.74 Å². The van der Waals surface area contributed by atoms with Crippen LogP contribution in [0.5, 0.6) is 0 Å². The highest BCUT2D eigenvalue weighted by atomic mass is 16.5. The lowest BCUT2D eigenvalue weighted by Gasteiger charge is -2.37. The largest absolute Gasteiger partial charge is 0.371 e. The summed E-state index contributed by atoms with van der Waals surface area (Å²) < 4.78 is 6.30. The summed E-state index contributed by atoms with van der Waals surface area (Å²) in [7, 11) is 0. The Bertz CT molecular complexity index is 205. The second-order valence-corrected chi connectivity index (χ2v) is 6.59. The molecular weight excluding hydrogens is 210 g/mol. The van der Waals surface area contributed by atoms with Crippen molar-refractivity contribution < 1.29 is 4.74 Å². The van der Waals surface area contributed by atoms with Crippen molar-refractivity contribution in [2.24, 2.45) is 11.8 Å². The van der Waals surface area contributed by atoms with Gasteiger partial charge in [-0.3, -0.25) is 0 Å². The van der Waals surface area contributed by atoms with Crippen molar-refractivity contribution >= 4 is 0 Å². The average molecular weight is 241 g/mol. The van der Waals surface area contributed by atoms with Crippen LogP contribution >= 0.6 is 0 Å². The van der Waals surface area contributed by atoms with E-state index in [1.807, 2.05) is 0 Å². The summed E-state index contributed by atoms with van der Waals surface area (Å²) in [6.45, 7) is 13.4. The van der Waals surface area contributed by atoms with Gasteiger partial charge in [0, 0.05) is 6.54 Å². The Labute approximate surface area is 108 Å². The molecule has 2 heteroatoms. The third-order valence-corrected chi connectivity index (χ3v) is 3.60. The zero-order chi connectivity index (χ0) is 12.9. The zero-order valence-electron chi connectivity index (χ0n) is 12.4. The molecule has 2 unspecified atom stereocenters. The molecule has 2 nitrogen and oxygen atoms in total. The van der Waals surface area contributed by atoms with Gasteiger partial charge in [-0.2, -0.15) is 0 Å². The van der Waals surface area contributed by atoms with E-state index in [0.29, 0.717) is 6.10 Å². The normalized spacial score (nSPS) is 30.5. The van der Waals surface area contributed by atoms with Gasteiger partial charge in [-0.15, -0.1) is 0 Å². The Morgan fingerprint density at radius 1 is 1.12 bits per heavy atom. The molecule has 0 spiro atoms. The van der Waals surface area contributed by atoms with Crippen LogP contribution in [0.15, 0.2) is 0 Å². The third kappa shape index (κ3) is 5.87. The molecule has 0 aromatic rings. The van der Waals surface area contributed by atoms with Crippen molar-refractivity contribution in [1.82, 2.24) is 5.32 Å². The van der Waals surface area contributed by atoms with E-state index in [0.717, 1.165) is 24.9 Å². The van der Waals surface area contributed by atoms with Crippen LogP contribution in [0.3, 0.4) is 0 Å². The van der Waals surface area contributed by atoms with Crippen LogP contribution in [0.1, 0.15) is 60.3 Å². The number of nitrogens with one attached hydrogen (secondary N) is 1. The van der Waals surface area contributed by atoms with E-state index in [4.69, 9.17) is 4.74 Å². The maximum absolute atomic E-state index is 6.30. The van der Waals surface area contributed by atoms with Crippen LogP contribution in [0.25, 0.3) is 0 Å². The van der Waals surface area contributed by atoms with Crippen LogP contribution < -0.4 is 5.32 Å². The highest BCUT2D eigenvalue weighted by Crippen LogP contribution is 2.32. The minimum absolute atomic E-state index is 0.0311. The quantitative estimate of drug-likeness (QED) is 0.717. The van der Waals surface area contributed by atoms with Gasteiger partial charge in [0.1, 0.15) is 0 Å². The van der Waals surface area contributed by atoms with Gasteiger partial charge in [0.2, 0.25) is 0 Å². The van der Waals surface area contributed by atoms with Gasteiger partial charge in [0.05, 0.1) is 11.7 Å². The molecule has 1 fully saturated rings. The first-order valence-electron chi connectivity index (χ1n) is 7.31. The number of hydrogen-bond acceptors (Lipinski definition) is 2. The fourth-order valence-electron chi connectivity index (χ4n) is 3.03. The Morgan fingerprint density at radius 2 is 1.71 bits per heavy atom. The monoisotopic (exact) mass is 241 g/mol. The van der Waals surface area contributed by atoms with Gasteiger partial charge in [-0.25, -0.2) is 0 Å².